The molecular formula is C20H18N2O6. The van der Waals surface area contributed by atoms with Gasteiger partial charge in [0.25, 0.3) is 6.04 Å². The van der Waals surface area contributed by atoms with Crippen LogP contribution in [0.15, 0.2) is 42.5 Å². The Kier molecular flexibility index (Phi) is 4.15. The Hall–Kier alpha value is -3.26. The van der Waals surface area contributed by atoms with E-state index in [1.165, 1.54) is 18.9 Å². The first-order chi connectivity index (χ1) is 13.4. The summed E-state index contributed by atoms with van der Waals surface area (Å²) in [4.78, 5) is 38.2. The summed E-state index contributed by atoms with van der Waals surface area (Å²) in [5.41, 5.74) is 1.61. The van der Waals surface area contributed by atoms with Crippen LogP contribution in [0.1, 0.15) is 40.4 Å². The number of nitro groups is 1. The van der Waals surface area contributed by atoms with Gasteiger partial charge in [0.05, 0.1) is 18.7 Å². The highest BCUT2D eigenvalue weighted by molar-refractivity contribution is 6.18. The Balaban J connectivity index is 1.91. The standard InChI is InChI=1S/C20H18N2O6/c1-10(23)21-15-6-4-3-5-13(15)19(24)17(21)16-12-8-7-11(28-2)9-14(12)20(25)18(16)22(26)27/h3-9,16-18,20,25H,1-2H3/t16-,17+,18?,20+/m1/s1. The number of ketones is 1. The summed E-state index contributed by atoms with van der Waals surface area (Å²) in [7, 11) is 1.46. The first-order valence-corrected chi connectivity index (χ1v) is 8.79. The third-order valence-electron chi connectivity index (χ3n) is 5.56. The lowest BCUT2D eigenvalue weighted by molar-refractivity contribution is -0.537. The fourth-order valence-electron chi connectivity index (χ4n) is 4.41. The van der Waals surface area contributed by atoms with Crippen molar-refractivity contribution in [3.8, 4) is 5.75 Å². The van der Waals surface area contributed by atoms with Gasteiger partial charge in [-0.05, 0) is 35.4 Å². The number of nitrogens with zero attached hydrogens (tertiary/aromatic N) is 2. The third kappa shape index (κ3) is 2.41. The van der Waals surface area contributed by atoms with Crippen LogP contribution in [0, 0.1) is 10.1 Å². The van der Waals surface area contributed by atoms with Gasteiger partial charge in [0.1, 0.15) is 17.9 Å². The Labute approximate surface area is 160 Å². The average Bonchev–Trinajstić information content (AvgIpc) is 3.13. The first-order valence-electron chi connectivity index (χ1n) is 8.79. The number of hydrogen-bond acceptors (Lipinski definition) is 6. The number of ether oxygens (including phenoxy) is 1. The molecule has 8 heteroatoms. The summed E-state index contributed by atoms with van der Waals surface area (Å²) < 4.78 is 5.16. The fraction of sp³-hybridized carbons (Fsp3) is 0.300. The lowest BCUT2D eigenvalue weighted by Crippen LogP contribution is -2.47. The molecule has 0 radical (unpaired) electrons. The zero-order valence-corrected chi connectivity index (χ0v) is 15.2. The maximum atomic E-state index is 13.2. The van der Waals surface area contributed by atoms with E-state index in [2.05, 4.69) is 0 Å². The zero-order chi connectivity index (χ0) is 20.2. The van der Waals surface area contributed by atoms with E-state index in [0.717, 1.165) is 0 Å². The highest BCUT2D eigenvalue weighted by atomic mass is 16.6. The summed E-state index contributed by atoms with van der Waals surface area (Å²) in [6.07, 6.45) is -1.41. The molecule has 1 unspecified atom stereocenters. The Morgan fingerprint density at radius 2 is 1.93 bits per heavy atom. The maximum absolute atomic E-state index is 13.2. The number of fused-ring (bicyclic) bond motifs is 2. The number of aliphatic hydroxyl groups is 1. The van der Waals surface area contributed by atoms with Crippen molar-refractivity contribution in [2.75, 3.05) is 12.0 Å². The van der Waals surface area contributed by atoms with Crippen LogP contribution in [-0.2, 0) is 4.79 Å². The van der Waals surface area contributed by atoms with Crippen LogP contribution < -0.4 is 9.64 Å². The number of benzene rings is 2. The van der Waals surface area contributed by atoms with Gasteiger partial charge in [0, 0.05) is 17.4 Å². The Morgan fingerprint density at radius 3 is 2.57 bits per heavy atom. The van der Waals surface area contributed by atoms with E-state index < -0.39 is 29.0 Å². The van der Waals surface area contributed by atoms with Gasteiger partial charge >= 0.3 is 0 Å². The summed E-state index contributed by atoms with van der Waals surface area (Å²) in [5.74, 6) is -1.28. The van der Waals surface area contributed by atoms with Crippen LogP contribution in [0.5, 0.6) is 5.75 Å². The minimum absolute atomic E-state index is 0.346. The fourth-order valence-corrected chi connectivity index (χ4v) is 4.41. The largest absolute Gasteiger partial charge is 0.497 e. The van der Waals surface area contributed by atoms with Crippen molar-refractivity contribution in [2.24, 2.45) is 0 Å². The lowest BCUT2D eigenvalue weighted by atomic mass is 9.87. The van der Waals surface area contributed by atoms with Crippen molar-refractivity contribution in [1.29, 1.82) is 0 Å². The molecule has 2 aromatic rings. The Morgan fingerprint density at radius 1 is 1.21 bits per heavy atom. The van der Waals surface area contributed by atoms with Crippen molar-refractivity contribution in [1.82, 2.24) is 0 Å². The minimum Gasteiger partial charge on any atom is -0.497 e. The molecule has 0 aromatic heterocycles. The molecule has 8 nitrogen and oxygen atoms in total. The molecule has 1 N–H and O–H groups in total. The van der Waals surface area contributed by atoms with Crippen molar-refractivity contribution >= 4 is 17.4 Å². The number of para-hydroxylation sites is 1. The molecule has 0 saturated heterocycles. The van der Waals surface area contributed by atoms with E-state index in [9.17, 15) is 24.8 Å². The molecule has 1 aliphatic carbocycles. The number of carbonyl (C=O) groups excluding carboxylic acids is 2. The number of hydrogen-bond donors (Lipinski definition) is 1. The SMILES string of the molecule is COc1ccc2c(c1)[C@H](O)C([N+](=O)[O-])[C@H]2[C@H]1C(=O)c2ccccc2N1C(C)=O. The number of anilines is 1. The topological polar surface area (TPSA) is 110 Å². The quantitative estimate of drug-likeness (QED) is 0.643. The average molecular weight is 382 g/mol. The van der Waals surface area contributed by atoms with Gasteiger partial charge in [-0.1, -0.05) is 18.2 Å². The molecular weight excluding hydrogens is 364 g/mol. The number of rotatable bonds is 3. The molecule has 0 fully saturated rings. The van der Waals surface area contributed by atoms with E-state index in [1.807, 2.05) is 0 Å². The van der Waals surface area contributed by atoms with Crippen LogP contribution in [0.4, 0.5) is 5.69 Å². The van der Waals surface area contributed by atoms with E-state index in [0.29, 0.717) is 28.1 Å². The summed E-state index contributed by atoms with van der Waals surface area (Å²) in [5, 5.41) is 22.5. The van der Waals surface area contributed by atoms with Gasteiger partial charge in [-0.2, -0.15) is 0 Å². The van der Waals surface area contributed by atoms with Crippen molar-refractivity contribution < 1.29 is 24.4 Å². The highest BCUT2D eigenvalue weighted by Gasteiger charge is 2.57. The van der Waals surface area contributed by atoms with Gasteiger partial charge < -0.3 is 14.7 Å². The lowest BCUT2D eigenvalue weighted by Gasteiger charge is -2.29. The summed E-state index contributed by atoms with van der Waals surface area (Å²) in [6.45, 7) is 1.32. The monoisotopic (exact) mass is 382 g/mol. The number of Topliss-reactive ketones (excluding diaryl/α,β-unsaturated/α-hetero) is 1. The van der Waals surface area contributed by atoms with Crippen molar-refractivity contribution in [2.45, 2.75) is 31.0 Å². The van der Waals surface area contributed by atoms with Gasteiger partial charge in [-0.3, -0.25) is 19.7 Å². The Bertz CT molecular complexity index is 1000. The second kappa shape index (κ2) is 6.42. The normalized spacial score (nSPS) is 25.4. The van der Waals surface area contributed by atoms with E-state index in [-0.39, 0.29) is 11.7 Å². The number of amides is 1. The molecule has 1 aliphatic heterocycles. The smallest absolute Gasteiger partial charge is 0.251 e. The van der Waals surface area contributed by atoms with Crippen LogP contribution >= 0.6 is 0 Å². The maximum Gasteiger partial charge on any atom is 0.251 e. The minimum atomic E-state index is -1.45. The molecule has 4 atom stereocenters. The van der Waals surface area contributed by atoms with Gasteiger partial charge in [0.15, 0.2) is 5.78 Å². The number of carbonyl (C=O) groups is 2. The van der Waals surface area contributed by atoms with Crippen LogP contribution in [-0.4, -0.2) is 40.9 Å². The third-order valence-corrected chi connectivity index (χ3v) is 5.56. The molecule has 1 heterocycles. The first kappa shape index (κ1) is 18.1. The predicted octanol–water partition coefficient (Wildman–Crippen LogP) is 2.09. The second-order valence-corrected chi connectivity index (χ2v) is 6.96. The summed E-state index contributed by atoms with van der Waals surface area (Å²) in [6, 6.07) is 8.90. The molecule has 2 aliphatic rings. The van der Waals surface area contributed by atoms with Gasteiger partial charge in [-0.25, -0.2) is 0 Å². The van der Waals surface area contributed by atoms with Crippen LogP contribution in [0.3, 0.4) is 0 Å². The molecule has 0 bridgehead atoms. The second-order valence-electron chi connectivity index (χ2n) is 6.96. The van der Waals surface area contributed by atoms with E-state index in [4.69, 9.17) is 4.74 Å². The molecule has 144 valence electrons. The van der Waals surface area contributed by atoms with Gasteiger partial charge in [0.2, 0.25) is 5.91 Å². The molecule has 1 amide bonds. The highest BCUT2D eigenvalue weighted by Crippen LogP contribution is 2.49. The van der Waals surface area contributed by atoms with Gasteiger partial charge in [-0.15, -0.1) is 0 Å². The molecule has 4 rings (SSSR count). The van der Waals surface area contributed by atoms with Crippen molar-refractivity contribution in [3.05, 3.63) is 69.3 Å². The zero-order valence-electron chi connectivity index (χ0n) is 15.2. The van der Waals surface area contributed by atoms with E-state index >= 15 is 0 Å². The summed E-state index contributed by atoms with van der Waals surface area (Å²) >= 11 is 0. The van der Waals surface area contributed by atoms with Crippen LogP contribution in [0.2, 0.25) is 0 Å². The predicted molar refractivity (Wildman–Crippen MR) is 99.2 cm³/mol. The number of methoxy groups -OCH3 is 1. The molecule has 2 aromatic carbocycles. The number of aliphatic hydroxyl groups excluding tert-OH is 1. The molecule has 0 saturated carbocycles. The van der Waals surface area contributed by atoms with Crippen LogP contribution in [0.25, 0.3) is 0 Å². The van der Waals surface area contributed by atoms with Crippen molar-refractivity contribution in [3.63, 3.8) is 0 Å². The molecule has 28 heavy (non-hydrogen) atoms. The molecule has 0 spiro atoms. The van der Waals surface area contributed by atoms with E-state index in [1.54, 1.807) is 42.5 Å².